The number of aliphatic hydroxyl groups excluding tert-OH is 2. The second-order valence-electron chi connectivity index (χ2n) is 8.14. The molecular weight excluding hydrogens is 479 g/mol. The first-order chi connectivity index (χ1) is 17.1. The summed E-state index contributed by atoms with van der Waals surface area (Å²) in [6, 6.07) is 11.1. The van der Waals surface area contributed by atoms with Crippen molar-refractivity contribution in [2.75, 3.05) is 37.7 Å². The number of anilines is 1. The number of amides is 2. The van der Waals surface area contributed by atoms with Gasteiger partial charge >= 0.3 is 12.4 Å². The van der Waals surface area contributed by atoms with E-state index in [1.165, 1.54) is 31.2 Å². The van der Waals surface area contributed by atoms with Crippen LogP contribution in [0.25, 0.3) is 0 Å². The van der Waals surface area contributed by atoms with Crippen LogP contribution in [0.3, 0.4) is 0 Å². The fourth-order valence-electron chi connectivity index (χ4n) is 3.60. The van der Waals surface area contributed by atoms with E-state index in [4.69, 9.17) is 5.11 Å². The molecule has 0 saturated carbocycles. The van der Waals surface area contributed by atoms with Crippen molar-refractivity contribution in [1.82, 2.24) is 10.2 Å². The monoisotopic (exact) mass is 505 g/mol. The summed E-state index contributed by atoms with van der Waals surface area (Å²) in [7, 11) is 0. The number of Topliss-reactive ketones (excluding diaryl/α,β-unsaturated/α-hetero) is 1. The fraction of sp³-hybridized carbons (Fsp3) is 0.360. The first kappa shape index (κ1) is 26.8. The zero-order chi connectivity index (χ0) is 26.3. The van der Waals surface area contributed by atoms with Crippen LogP contribution in [0.15, 0.2) is 48.5 Å². The van der Waals surface area contributed by atoms with E-state index in [1.807, 2.05) is 24.3 Å². The number of rotatable bonds is 6. The van der Waals surface area contributed by atoms with Gasteiger partial charge in [-0.2, -0.15) is 0 Å². The molecule has 8 nitrogen and oxygen atoms in total. The number of ketones is 1. The van der Waals surface area contributed by atoms with Crippen LogP contribution in [-0.4, -0.2) is 78.2 Å². The van der Waals surface area contributed by atoms with Gasteiger partial charge in [-0.1, -0.05) is 11.8 Å². The van der Waals surface area contributed by atoms with Gasteiger partial charge in [0.2, 0.25) is 0 Å². The number of carbonyl (C=O) groups excluding carboxylic acids is 2. The Morgan fingerprint density at radius 1 is 1.00 bits per heavy atom. The highest BCUT2D eigenvalue weighted by atomic mass is 19.4. The lowest BCUT2D eigenvalue weighted by Crippen LogP contribution is -2.57. The van der Waals surface area contributed by atoms with E-state index in [9.17, 15) is 27.9 Å². The molecule has 192 valence electrons. The molecule has 1 heterocycles. The summed E-state index contributed by atoms with van der Waals surface area (Å²) < 4.78 is 40.6. The van der Waals surface area contributed by atoms with E-state index in [0.717, 1.165) is 11.3 Å². The highest BCUT2D eigenvalue weighted by molar-refractivity contribution is 5.89. The number of piperazine rings is 1. The standard InChI is InChI=1S/C25H26F3N3O5/c1-17(33)23(22(34)16-32)29-24(35)31-14-12-30(13-15-31)20-8-4-18(5-9-20)2-3-19-6-10-21(11-7-19)36-25(26,27)28/h4-11,17,23,32-33H,12-16H2,1H3,(H,29,35)/t17-,23+/m0/s1. The maximum absolute atomic E-state index is 12.5. The van der Waals surface area contributed by atoms with Crippen LogP contribution in [-0.2, 0) is 4.79 Å². The number of ether oxygens (including phenoxy) is 1. The van der Waals surface area contributed by atoms with Gasteiger partial charge in [0.1, 0.15) is 18.4 Å². The van der Waals surface area contributed by atoms with Crippen LogP contribution in [0.4, 0.5) is 23.7 Å². The summed E-state index contributed by atoms with van der Waals surface area (Å²) in [4.78, 5) is 27.8. The topological polar surface area (TPSA) is 102 Å². The zero-order valence-corrected chi connectivity index (χ0v) is 19.5. The SMILES string of the molecule is C[C@H](O)[C@@H](NC(=O)N1CCN(c2ccc(C#Cc3ccc(OC(F)(F)F)cc3)cc2)CC1)C(=O)CO. The van der Waals surface area contributed by atoms with Crippen LogP contribution in [0, 0.1) is 11.8 Å². The van der Waals surface area contributed by atoms with Crippen molar-refractivity contribution in [3.8, 4) is 17.6 Å². The third-order valence-electron chi connectivity index (χ3n) is 5.50. The number of nitrogens with zero attached hydrogens (tertiary/aromatic N) is 2. The third kappa shape index (κ3) is 7.63. The maximum atomic E-state index is 12.5. The van der Waals surface area contributed by atoms with Crippen molar-refractivity contribution in [3.63, 3.8) is 0 Å². The molecule has 11 heteroatoms. The zero-order valence-electron chi connectivity index (χ0n) is 19.5. The Balaban J connectivity index is 1.53. The van der Waals surface area contributed by atoms with Gasteiger partial charge < -0.3 is 30.1 Å². The molecule has 2 amide bonds. The molecule has 0 bridgehead atoms. The summed E-state index contributed by atoms with van der Waals surface area (Å²) >= 11 is 0. The van der Waals surface area contributed by atoms with Crippen molar-refractivity contribution in [2.24, 2.45) is 0 Å². The van der Waals surface area contributed by atoms with Crippen LogP contribution >= 0.6 is 0 Å². The summed E-state index contributed by atoms with van der Waals surface area (Å²) in [6.45, 7) is 2.51. The van der Waals surface area contributed by atoms with Gasteiger partial charge in [0.05, 0.1) is 6.10 Å². The minimum atomic E-state index is -4.74. The van der Waals surface area contributed by atoms with E-state index in [2.05, 4.69) is 26.8 Å². The van der Waals surface area contributed by atoms with Crippen molar-refractivity contribution in [1.29, 1.82) is 0 Å². The molecular formula is C25H26F3N3O5. The molecule has 3 N–H and O–H groups in total. The maximum Gasteiger partial charge on any atom is 0.573 e. The molecule has 0 aromatic heterocycles. The number of hydrogen-bond acceptors (Lipinski definition) is 6. The Morgan fingerprint density at radius 3 is 2.00 bits per heavy atom. The van der Waals surface area contributed by atoms with E-state index in [-0.39, 0.29) is 5.75 Å². The molecule has 2 atom stereocenters. The van der Waals surface area contributed by atoms with Crippen molar-refractivity contribution < 1.29 is 37.7 Å². The van der Waals surface area contributed by atoms with E-state index >= 15 is 0 Å². The van der Waals surface area contributed by atoms with E-state index in [0.29, 0.717) is 31.7 Å². The second kappa shape index (κ2) is 11.8. The Labute approximate surface area is 206 Å². The Bertz CT molecular complexity index is 1100. The van der Waals surface area contributed by atoms with Gasteiger partial charge in [-0.15, -0.1) is 13.2 Å². The highest BCUT2D eigenvalue weighted by Gasteiger charge is 2.31. The largest absolute Gasteiger partial charge is 0.573 e. The number of nitrogens with one attached hydrogen (secondary N) is 1. The Morgan fingerprint density at radius 2 is 1.53 bits per heavy atom. The number of halogens is 3. The molecule has 3 rings (SSSR count). The van der Waals surface area contributed by atoms with Gasteiger partial charge in [0.15, 0.2) is 5.78 Å². The van der Waals surface area contributed by atoms with E-state index < -0.39 is 36.9 Å². The molecule has 0 spiro atoms. The lowest BCUT2D eigenvalue weighted by atomic mass is 10.1. The lowest BCUT2D eigenvalue weighted by molar-refractivity contribution is -0.274. The summed E-state index contributed by atoms with van der Waals surface area (Å²) in [5, 5.41) is 21.2. The average Bonchev–Trinajstić information content (AvgIpc) is 2.85. The van der Waals surface area contributed by atoms with Crippen molar-refractivity contribution in [2.45, 2.75) is 25.4 Å². The number of carbonyl (C=O) groups is 2. The van der Waals surface area contributed by atoms with Gasteiger partial charge in [0, 0.05) is 43.0 Å². The normalized spacial score (nSPS) is 15.4. The number of hydrogen-bond donors (Lipinski definition) is 3. The molecule has 36 heavy (non-hydrogen) atoms. The minimum absolute atomic E-state index is 0.309. The number of urea groups is 1. The first-order valence-corrected chi connectivity index (χ1v) is 11.2. The average molecular weight is 505 g/mol. The first-order valence-electron chi connectivity index (χ1n) is 11.2. The van der Waals surface area contributed by atoms with Gasteiger partial charge in [-0.05, 0) is 55.5 Å². The summed E-state index contributed by atoms with van der Waals surface area (Å²) in [5.74, 6) is 4.89. The number of benzene rings is 2. The molecule has 0 aliphatic carbocycles. The molecule has 1 fully saturated rings. The molecule has 2 aromatic rings. The van der Waals surface area contributed by atoms with Gasteiger partial charge in [-0.3, -0.25) is 4.79 Å². The lowest BCUT2D eigenvalue weighted by Gasteiger charge is -2.36. The molecule has 1 aliphatic heterocycles. The smallest absolute Gasteiger partial charge is 0.406 e. The second-order valence-corrected chi connectivity index (χ2v) is 8.14. The predicted octanol–water partition coefficient (Wildman–Crippen LogP) is 2.13. The quantitative estimate of drug-likeness (QED) is 0.520. The summed E-state index contributed by atoms with van der Waals surface area (Å²) in [5.41, 5.74) is 2.21. The molecule has 1 saturated heterocycles. The van der Waals surface area contributed by atoms with E-state index in [1.54, 1.807) is 4.90 Å². The fourth-order valence-corrected chi connectivity index (χ4v) is 3.60. The third-order valence-corrected chi connectivity index (χ3v) is 5.50. The highest BCUT2D eigenvalue weighted by Crippen LogP contribution is 2.22. The molecule has 1 aliphatic rings. The molecule has 2 aromatic carbocycles. The Hall–Kier alpha value is -3.75. The van der Waals surface area contributed by atoms with Crippen LogP contribution < -0.4 is 15.0 Å². The van der Waals surface area contributed by atoms with Crippen LogP contribution in [0.2, 0.25) is 0 Å². The van der Waals surface area contributed by atoms with Crippen LogP contribution in [0.1, 0.15) is 18.1 Å². The summed E-state index contributed by atoms with van der Waals surface area (Å²) in [6.07, 6.45) is -5.87. The number of alkyl halides is 3. The minimum Gasteiger partial charge on any atom is -0.406 e. The number of aliphatic hydroxyl groups is 2. The van der Waals surface area contributed by atoms with Gasteiger partial charge in [0.25, 0.3) is 0 Å². The van der Waals surface area contributed by atoms with Crippen molar-refractivity contribution in [3.05, 3.63) is 59.7 Å². The Kier molecular flexibility index (Phi) is 8.79. The van der Waals surface area contributed by atoms with Gasteiger partial charge in [-0.25, -0.2) is 4.79 Å². The van der Waals surface area contributed by atoms with Crippen molar-refractivity contribution >= 4 is 17.5 Å². The molecule has 0 unspecified atom stereocenters. The molecule has 0 radical (unpaired) electrons. The predicted molar refractivity (Wildman–Crippen MR) is 125 cm³/mol. The van der Waals surface area contributed by atoms with Crippen LogP contribution in [0.5, 0.6) is 5.75 Å².